The molecule has 3 aromatic heterocycles. The molecule has 0 saturated carbocycles. The largest absolute Gasteiger partial charge is 0.351 e. The van der Waals surface area contributed by atoms with Crippen LogP contribution < -0.4 is 10.2 Å². The number of anilines is 1. The topological polar surface area (TPSA) is 119 Å². The first-order chi connectivity index (χ1) is 12.8. The van der Waals surface area contributed by atoms with Crippen molar-refractivity contribution in [3.63, 3.8) is 0 Å². The van der Waals surface area contributed by atoms with E-state index in [0.717, 1.165) is 48.8 Å². The first-order valence-corrected chi connectivity index (χ1v) is 8.74. The third-order valence-corrected chi connectivity index (χ3v) is 5.09. The number of piperazine rings is 1. The molecule has 0 aliphatic carbocycles. The summed E-state index contributed by atoms with van der Waals surface area (Å²) in [6, 6.07) is -0.352. The van der Waals surface area contributed by atoms with Crippen LogP contribution in [0.25, 0.3) is 11.2 Å². The molecule has 10 nitrogen and oxygen atoms in total. The molecule has 0 radical (unpaired) electrons. The monoisotopic (exact) mass is 353 g/mol. The van der Waals surface area contributed by atoms with E-state index in [1.807, 2.05) is 4.90 Å². The average molecular weight is 353 g/mol. The van der Waals surface area contributed by atoms with Crippen molar-refractivity contribution in [2.75, 3.05) is 37.6 Å². The summed E-state index contributed by atoms with van der Waals surface area (Å²) >= 11 is 0. The highest BCUT2D eigenvalue weighted by Crippen LogP contribution is 2.24. The molecule has 1 saturated heterocycles. The number of nitrogens with zero attached hydrogens (tertiary/aromatic N) is 6. The van der Waals surface area contributed by atoms with E-state index < -0.39 is 0 Å². The Labute approximate surface area is 149 Å². The van der Waals surface area contributed by atoms with Gasteiger partial charge in [-0.05, 0) is 0 Å². The minimum Gasteiger partial charge on any atom is -0.351 e. The first-order valence-electron chi connectivity index (χ1n) is 8.74. The van der Waals surface area contributed by atoms with Crippen LogP contribution in [0, 0.1) is 0 Å². The van der Waals surface area contributed by atoms with Gasteiger partial charge in [0, 0.05) is 44.8 Å². The number of aromatic nitrogens is 6. The Morgan fingerprint density at radius 3 is 2.77 bits per heavy atom. The van der Waals surface area contributed by atoms with Crippen molar-refractivity contribution in [2.24, 2.45) is 0 Å². The summed E-state index contributed by atoms with van der Waals surface area (Å²) in [7, 11) is 0. The van der Waals surface area contributed by atoms with Gasteiger partial charge in [0.25, 0.3) is 0 Å². The number of fused-ring (bicyclic) bond motifs is 2. The highest BCUT2D eigenvalue weighted by Gasteiger charge is 2.33. The minimum atomic E-state index is -0.352. The van der Waals surface area contributed by atoms with Crippen molar-refractivity contribution in [2.45, 2.75) is 12.5 Å². The fraction of sp³-hybridized carbons (Fsp3) is 0.438. The van der Waals surface area contributed by atoms with Crippen molar-refractivity contribution in [1.29, 1.82) is 0 Å². The molecule has 5 rings (SSSR count). The first kappa shape index (κ1) is 15.3. The molecular formula is C16H19N9O. The lowest BCUT2D eigenvalue weighted by molar-refractivity contribution is -0.134. The van der Waals surface area contributed by atoms with E-state index in [1.165, 1.54) is 6.33 Å². The molecule has 1 atom stereocenters. The molecule has 10 heteroatoms. The predicted molar refractivity (Wildman–Crippen MR) is 93.5 cm³/mol. The fourth-order valence-corrected chi connectivity index (χ4v) is 3.74. The van der Waals surface area contributed by atoms with Crippen LogP contribution in [-0.4, -0.2) is 73.4 Å². The highest BCUT2D eigenvalue weighted by molar-refractivity contribution is 5.85. The molecule has 2 aliphatic heterocycles. The summed E-state index contributed by atoms with van der Waals surface area (Å²) in [4.78, 5) is 40.4. The average Bonchev–Trinajstić information content (AvgIpc) is 3.36. The van der Waals surface area contributed by atoms with E-state index in [-0.39, 0.29) is 11.9 Å². The van der Waals surface area contributed by atoms with Gasteiger partial charge in [0.1, 0.15) is 17.9 Å². The van der Waals surface area contributed by atoms with E-state index in [2.05, 4.69) is 40.1 Å². The van der Waals surface area contributed by atoms with Crippen molar-refractivity contribution in [1.82, 2.24) is 40.1 Å². The molecule has 3 aromatic rings. The van der Waals surface area contributed by atoms with Crippen LogP contribution in [0.1, 0.15) is 17.4 Å². The van der Waals surface area contributed by atoms with Crippen molar-refractivity contribution < 1.29 is 4.79 Å². The number of hydrogen-bond donors (Lipinski definition) is 3. The second-order valence-electron chi connectivity index (χ2n) is 6.51. The molecule has 2 aliphatic rings. The predicted octanol–water partition coefficient (Wildman–Crippen LogP) is -0.388. The quantitative estimate of drug-likeness (QED) is 0.574. The lowest BCUT2D eigenvalue weighted by atomic mass is 10.0. The van der Waals surface area contributed by atoms with Crippen molar-refractivity contribution in [3.8, 4) is 0 Å². The smallest absolute Gasteiger partial charge is 0.246 e. The standard InChI is InChI=1S/C16H19N9O/c26-16(12-11-10(1-2-17-12)18-7-19-11)25-5-3-24(4-6-25)15-13-14(21-8-20-13)22-9-23-15/h7-9,12,17H,1-6H2,(H,18,19)(H,20,21,22,23)/t12-/m1/s1. The molecule has 26 heavy (non-hydrogen) atoms. The van der Waals surface area contributed by atoms with Gasteiger partial charge in [-0.2, -0.15) is 0 Å². The number of amides is 1. The number of H-pyrrole nitrogens is 2. The Morgan fingerprint density at radius 1 is 1.04 bits per heavy atom. The lowest BCUT2D eigenvalue weighted by Crippen LogP contribution is -2.52. The SMILES string of the molecule is O=C([C@@H]1NCCc2[nH]cnc21)N1CCN(c2ncnc3nc[nH]c23)CC1. The van der Waals surface area contributed by atoms with Crippen LogP contribution in [0.4, 0.5) is 5.82 Å². The normalized spacial score (nSPS) is 20.4. The van der Waals surface area contributed by atoms with Gasteiger partial charge in [0.2, 0.25) is 5.91 Å². The third-order valence-electron chi connectivity index (χ3n) is 5.09. The van der Waals surface area contributed by atoms with Crippen LogP contribution in [0.3, 0.4) is 0 Å². The lowest BCUT2D eigenvalue weighted by Gasteiger charge is -2.37. The number of nitrogens with one attached hydrogen (secondary N) is 3. The summed E-state index contributed by atoms with van der Waals surface area (Å²) < 4.78 is 0. The second-order valence-corrected chi connectivity index (χ2v) is 6.51. The van der Waals surface area contributed by atoms with Gasteiger partial charge in [-0.25, -0.2) is 19.9 Å². The molecule has 1 amide bonds. The molecule has 5 heterocycles. The van der Waals surface area contributed by atoms with Crippen LogP contribution in [0.5, 0.6) is 0 Å². The fourth-order valence-electron chi connectivity index (χ4n) is 3.74. The van der Waals surface area contributed by atoms with Gasteiger partial charge in [0.15, 0.2) is 11.5 Å². The molecule has 1 fully saturated rings. The Balaban J connectivity index is 1.31. The van der Waals surface area contributed by atoms with Gasteiger partial charge in [0.05, 0.1) is 18.3 Å². The summed E-state index contributed by atoms with van der Waals surface area (Å²) in [6.45, 7) is 3.52. The van der Waals surface area contributed by atoms with Crippen LogP contribution in [0.15, 0.2) is 19.0 Å². The highest BCUT2D eigenvalue weighted by atomic mass is 16.2. The molecule has 0 aromatic carbocycles. The molecule has 3 N–H and O–H groups in total. The summed E-state index contributed by atoms with van der Waals surface area (Å²) in [5.41, 5.74) is 3.38. The number of carbonyl (C=O) groups is 1. The van der Waals surface area contributed by atoms with E-state index in [1.54, 1.807) is 12.7 Å². The van der Waals surface area contributed by atoms with Crippen LogP contribution >= 0.6 is 0 Å². The number of rotatable bonds is 2. The molecule has 0 bridgehead atoms. The number of aromatic amines is 2. The second kappa shape index (κ2) is 6.06. The summed E-state index contributed by atoms with van der Waals surface area (Å²) in [5, 5.41) is 3.30. The van der Waals surface area contributed by atoms with E-state index in [9.17, 15) is 4.79 Å². The van der Waals surface area contributed by atoms with Gasteiger partial charge in [-0.1, -0.05) is 0 Å². The zero-order valence-electron chi connectivity index (χ0n) is 14.1. The van der Waals surface area contributed by atoms with Gasteiger partial charge in [-0.3, -0.25) is 4.79 Å². The Hall–Kier alpha value is -3.01. The maximum absolute atomic E-state index is 13.0. The molecular weight excluding hydrogens is 334 g/mol. The number of carbonyl (C=O) groups excluding carboxylic acids is 1. The number of hydrogen-bond acceptors (Lipinski definition) is 7. The Bertz CT molecular complexity index is 940. The minimum absolute atomic E-state index is 0.0899. The van der Waals surface area contributed by atoms with Crippen LogP contribution in [-0.2, 0) is 11.2 Å². The maximum Gasteiger partial charge on any atom is 0.246 e. The maximum atomic E-state index is 13.0. The van der Waals surface area contributed by atoms with Gasteiger partial charge < -0.3 is 25.1 Å². The van der Waals surface area contributed by atoms with Crippen molar-refractivity contribution >= 4 is 22.9 Å². The third kappa shape index (κ3) is 2.41. The summed E-state index contributed by atoms with van der Waals surface area (Å²) in [5.74, 6) is 0.928. The molecule has 0 unspecified atom stereocenters. The molecule has 0 spiro atoms. The Morgan fingerprint density at radius 2 is 1.88 bits per heavy atom. The van der Waals surface area contributed by atoms with E-state index >= 15 is 0 Å². The zero-order valence-corrected chi connectivity index (χ0v) is 14.1. The summed E-state index contributed by atoms with van der Waals surface area (Å²) in [6.07, 6.45) is 5.70. The molecule has 134 valence electrons. The number of imidazole rings is 2. The Kier molecular flexibility index (Phi) is 3.56. The van der Waals surface area contributed by atoms with E-state index in [4.69, 9.17) is 0 Å². The van der Waals surface area contributed by atoms with Gasteiger partial charge >= 0.3 is 0 Å². The van der Waals surface area contributed by atoms with Crippen molar-refractivity contribution in [3.05, 3.63) is 30.4 Å². The van der Waals surface area contributed by atoms with E-state index in [0.29, 0.717) is 18.7 Å². The van der Waals surface area contributed by atoms with Crippen LogP contribution in [0.2, 0.25) is 0 Å². The zero-order chi connectivity index (χ0) is 17.5. The van der Waals surface area contributed by atoms with Gasteiger partial charge in [-0.15, -0.1) is 0 Å².